The number of rotatable bonds is 2. The summed E-state index contributed by atoms with van der Waals surface area (Å²) >= 11 is 0. The molecule has 54 valence electrons. The van der Waals surface area contributed by atoms with Gasteiger partial charge in [-0.2, -0.15) is 0 Å². The standard InChI is InChI=1S/C5H5O4P/c6-3-4-1-2-5(9-4)10(7)8/h1-3,7-8H. The lowest BCUT2D eigenvalue weighted by Gasteiger charge is -1.92. The van der Waals surface area contributed by atoms with Gasteiger partial charge in [0.25, 0.3) is 0 Å². The highest BCUT2D eigenvalue weighted by Crippen LogP contribution is 2.22. The maximum Gasteiger partial charge on any atom is 0.237 e. The van der Waals surface area contributed by atoms with Crippen molar-refractivity contribution >= 4 is 20.2 Å². The maximum absolute atomic E-state index is 9.99. The highest BCUT2D eigenvalue weighted by Gasteiger charge is 2.08. The molecule has 1 aromatic heterocycles. The summed E-state index contributed by atoms with van der Waals surface area (Å²) in [7, 11) is -2.21. The summed E-state index contributed by atoms with van der Waals surface area (Å²) in [5, 5.41) is 0. The van der Waals surface area contributed by atoms with Gasteiger partial charge in [-0.25, -0.2) is 0 Å². The van der Waals surface area contributed by atoms with Crippen molar-refractivity contribution in [3.8, 4) is 0 Å². The molecule has 0 aliphatic rings. The first-order valence-corrected chi connectivity index (χ1v) is 3.71. The van der Waals surface area contributed by atoms with Crippen LogP contribution in [0.2, 0.25) is 0 Å². The summed E-state index contributed by atoms with van der Waals surface area (Å²) in [6.45, 7) is 0. The van der Waals surface area contributed by atoms with E-state index in [0.29, 0.717) is 6.29 Å². The van der Waals surface area contributed by atoms with Crippen LogP contribution in [-0.4, -0.2) is 16.1 Å². The number of aldehydes is 1. The molecule has 0 bridgehead atoms. The Kier molecular flexibility index (Phi) is 2.17. The number of carbonyl (C=O) groups is 1. The summed E-state index contributed by atoms with van der Waals surface area (Å²) in [5.74, 6) is 0.102. The molecule has 0 aliphatic carbocycles. The fourth-order valence-electron chi connectivity index (χ4n) is 0.513. The molecule has 1 heterocycles. The van der Waals surface area contributed by atoms with Crippen LogP contribution in [0, 0.1) is 0 Å². The van der Waals surface area contributed by atoms with E-state index in [1.54, 1.807) is 0 Å². The van der Waals surface area contributed by atoms with Gasteiger partial charge >= 0.3 is 0 Å². The predicted octanol–water partition coefficient (Wildman–Crippen LogP) is 0.0139. The Morgan fingerprint density at radius 2 is 2.20 bits per heavy atom. The zero-order chi connectivity index (χ0) is 7.56. The van der Waals surface area contributed by atoms with E-state index in [1.807, 2.05) is 0 Å². The van der Waals surface area contributed by atoms with E-state index in [-0.39, 0.29) is 11.3 Å². The van der Waals surface area contributed by atoms with Crippen LogP contribution in [-0.2, 0) is 0 Å². The first-order chi connectivity index (χ1) is 4.74. The van der Waals surface area contributed by atoms with Crippen molar-refractivity contribution in [3.63, 3.8) is 0 Å². The molecule has 10 heavy (non-hydrogen) atoms. The van der Waals surface area contributed by atoms with Crippen molar-refractivity contribution in [2.45, 2.75) is 0 Å². The maximum atomic E-state index is 9.99. The van der Waals surface area contributed by atoms with Crippen molar-refractivity contribution in [2.24, 2.45) is 0 Å². The molecular weight excluding hydrogens is 155 g/mol. The SMILES string of the molecule is O=Cc1ccc(P(O)O)o1. The molecule has 0 unspecified atom stereocenters. The Hall–Kier alpha value is -0.700. The van der Waals surface area contributed by atoms with E-state index in [1.165, 1.54) is 12.1 Å². The van der Waals surface area contributed by atoms with Crippen molar-refractivity contribution in [2.75, 3.05) is 0 Å². The van der Waals surface area contributed by atoms with Gasteiger partial charge < -0.3 is 14.2 Å². The van der Waals surface area contributed by atoms with Gasteiger partial charge in [0.05, 0.1) is 0 Å². The number of furan rings is 1. The van der Waals surface area contributed by atoms with Gasteiger partial charge in [0.2, 0.25) is 8.38 Å². The molecule has 0 saturated heterocycles. The van der Waals surface area contributed by atoms with Crippen LogP contribution in [0.3, 0.4) is 0 Å². The molecular formula is C5H5O4P. The topological polar surface area (TPSA) is 70.7 Å². The normalized spacial score (nSPS) is 10.3. The van der Waals surface area contributed by atoms with Crippen LogP contribution in [0.25, 0.3) is 0 Å². The molecule has 0 atom stereocenters. The average molecular weight is 160 g/mol. The van der Waals surface area contributed by atoms with Crippen molar-refractivity contribution < 1.29 is 19.0 Å². The smallest absolute Gasteiger partial charge is 0.237 e. The van der Waals surface area contributed by atoms with Gasteiger partial charge in [-0.1, -0.05) is 0 Å². The highest BCUT2D eigenvalue weighted by molar-refractivity contribution is 7.53. The fraction of sp³-hybridized carbons (Fsp3) is 0. The Labute approximate surface area is 58.0 Å². The van der Waals surface area contributed by atoms with Crippen molar-refractivity contribution in [1.29, 1.82) is 0 Å². The molecule has 1 rings (SSSR count). The van der Waals surface area contributed by atoms with E-state index < -0.39 is 8.38 Å². The van der Waals surface area contributed by atoms with Crippen molar-refractivity contribution in [1.82, 2.24) is 0 Å². The Morgan fingerprint density at radius 3 is 2.50 bits per heavy atom. The Morgan fingerprint density at radius 1 is 1.50 bits per heavy atom. The minimum absolute atomic E-state index is 0.0390. The third-order valence-corrected chi connectivity index (χ3v) is 1.56. The third kappa shape index (κ3) is 1.42. The minimum Gasteiger partial charge on any atom is -0.449 e. The first-order valence-electron chi connectivity index (χ1n) is 2.47. The summed E-state index contributed by atoms with van der Waals surface area (Å²) in [4.78, 5) is 27.1. The molecule has 0 radical (unpaired) electrons. The largest absolute Gasteiger partial charge is 0.449 e. The first kappa shape index (κ1) is 7.41. The zero-order valence-corrected chi connectivity index (χ0v) is 5.78. The lowest BCUT2D eigenvalue weighted by molar-refractivity contribution is 0.110. The quantitative estimate of drug-likeness (QED) is 0.472. The van der Waals surface area contributed by atoms with Gasteiger partial charge in [0.15, 0.2) is 17.5 Å². The van der Waals surface area contributed by atoms with Gasteiger partial charge in [-0.15, -0.1) is 0 Å². The highest BCUT2D eigenvalue weighted by atomic mass is 31.2. The van der Waals surface area contributed by atoms with E-state index in [9.17, 15) is 4.79 Å². The lowest BCUT2D eigenvalue weighted by Crippen LogP contribution is -1.93. The second-order valence-corrected chi connectivity index (χ2v) is 2.60. The average Bonchev–Trinajstić information content (AvgIpc) is 2.34. The van der Waals surface area contributed by atoms with Crippen LogP contribution in [0.1, 0.15) is 10.6 Å². The zero-order valence-electron chi connectivity index (χ0n) is 4.89. The van der Waals surface area contributed by atoms with E-state index >= 15 is 0 Å². The minimum atomic E-state index is -2.21. The molecule has 0 amide bonds. The van der Waals surface area contributed by atoms with Gasteiger partial charge in [-0.3, -0.25) is 4.79 Å². The second-order valence-electron chi connectivity index (χ2n) is 1.58. The lowest BCUT2D eigenvalue weighted by atomic mass is 10.5. The van der Waals surface area contributed by atoms with Crippen LogP contribution >= 0.6 is 8.38 Å². The molecule has 1 aromatic rings. The van der Waals surface area contributed by atoms with Gasteiger partial charge in [0.1, 0.15) is 0 Å². The molecule has 0 aromatic carbocycles. The van der Waals surface area contributed by atoms with E-state index in [2.05, 4.69) is 4.42 Å². The van der Waals surface area contributed by atoms with Crippen molar-refractivity contribution in [3.05, 3.63) is 17.9 Å². The molecule has 0 spiro atoms. The molecule has 0 saturated carbocycles. The number of hydrogen-bond acceptors (Lipinski definition) is 4. The fourth-order valence-corrected chi connectivity index (χ4v) is 0.908. The molecule has 0 fully saturated rings. The molecule has 4 nitrogen and oxygen atoms in total. The number of hydrogen-bond donors (Lipinski definition) is 2. The van der Waals surface area contributed by atoms with Crippen LogP contribution < -0.4 is 5.50 Å². The second kappa shape index (κ2) is 2.92. The summed E-state index contributed by atoms with van der Waals surface area (Å²) < 4.78 is 4.65. The van der Waals surface area contributed by atoms with Crippen LogP contribution in [0.15, 0.2) is 16.5 Å². The van der Waals surface area contributed by atoms with Gasteiger partial charge in [-0.05, 0) is 12.1 Å². The third-order valence-electron chi connectivity index (χ3n) is 0.926. The predicted molar refractivity (Wildman–Crippen MR) is 35.1 cm³/mol. The summed E-state index contributed by atoms with van der Waals surface area (Å²) in [5.41, 5.74) is 0.0390. The Balaban J connectivity index is 2.88. The summed E-state index contributed by atoms with van der Waals surface area (Å²) in [6, 6.07) is 2.74. The molecule has 2 N–H and O–H groups in total. The molecule has 5 heteroatoms. The summed E-state index contributed by atoms with van der Waals surface area (Å²) in [6.07, 6.45) is 0.502. The monoisotopic (exact) mass is 160 g/mol. The van der Waals surface area contributed by atoms with E-state index in [4.69, 9.17) is 9.79 Å². The van der Waals surface area contributed by atoms with Crippen LogP contribution in [0.5, 0.6) is 0 Å². The molecule has 0 aliphatic heterocycles. The number of carbonyl (C=O) groups excluding carboxylic acids is 1. The Bertz CT molecular complexity index is 229. The van der Waals surface area contributed by atoms with E-state index in [0.717, 1.165) is 0 Å². The van der Waals surface area contributed by atoms with Gasteiger partial charge in [0, 0.05) is 0 Å². The van der Waals surface area contributed by atoms with Crippen LogP contribution in [0.4, 0.5) is 0 Å².